The van der Waals surface area contributed by atoms with Gasteiger partial charge in [-0.2, -0.15) is 9.97 Å². The van der Waals surface area contributed by atoms with E-state index >= 15 is 0 Å². The molecule has 10 heteroatoms. The number of hydrogen-bond donors (Lipinski definition) is 0. The number of aryl methyl sites for hydroxylation is 1. The lowest BCUT2D eigenvalue weighted by molar-refractivity contribution is -0.129. The lowest BCUT2D eigenvalue weighted by Gasteiger charge is -2.41. The van der Waals surface area contributed by atoms with Gasteiger partial charge in [-0.1, -0.05) is 36.9 Å². The first-order valence-electron chi connectivity index (χ1n) is 14.3. The van der Waals surface area contributed by atoms with E-state index in [0.29, 0.717) is 26.2 Å². The minimum absolute atomic E-state index is 0.0318. The summed E-state index contributed by atoms with van der Waals surface area (Å²) in [5.74, 6) is 0.586. The van der Waals surface area contributed by atoms with E-state index in [1.807, 2.05) is 0 Å². The summed E-state index contributed by atoms with van der Waals surface area (Å²) in [6.07, 6.45) is 2.27. The lowest BCUT2D eigenvalue weighted by atomic mass is 9.99. The Kier molecular flexibility index (Phi) is 8.57. The Bertz CT molecular complexity index is 1540. The Balaban J connectivity index is 1.48. The zero-order valence-corrected chi connectivity index (χ0v) is 24.5. The molecule has 2 aliphatic rings. The second kappa shape index (κ2) is 12.5. The maximum absolute atomic E-state index is 12.5. The van der Waals surface area contributed by atoms with Crippen molar-refractivity contribution in [2.24, 2.45) is 0 Å². The highest BCUT2D eigenvalue weighted by molar-refractivity contribution is 5.97. The first-order chi connectivity index (χ1) is 20.3. The molecule has 1 fully saturated rings. The van der Waals surface area contributed by atoms with Gasteiger partial charge in [0.2, 0.25) is 18.4 Å². The number of anilines is 2. The first kappa shape index (κ1) is 28.9. The van der Waals surface area contributed by atoms with Crippen molar-refractivity contribution in [3.8, 4) is 6.01 Å². The second-order valence-corrected chi connectivity index (χ2v) is 10.9. The summed E-state index contributed by atoms with van der Waals surface area (Å²) in [4.78, 5) is 45.7. The molecule has 0 saturated carbocycles. The van der Waals surface area contributed by atoms with Gasteiger partial charge in [0.05, 0.1) is 18.7 Å². The molecule has 2 aliphatic heterocycles. The number of aromatic nitrogens is 2. The van der Waals surface area contributed by atoms with Gasteiger partial charge in [-0.15, -0.1) is 0 Å². The number of rotatable bonds is 8. The summed E-state index contributed by atoms with van der Waals surface area (Å²) in [7, 11) is 3.44. The molecule has 0 N–H and O–H groups in total. The van der Waals surface area contributed by atoms with Gasteiger partial charge in [-0.25, -0.2) is 6.57 Å². The van der Waals surface area contributed by atoms with Crippen LogP contribution in [0.1, 0.15) is 23.2 Å². The van der Waals surface area contributed by atoms with E-state index in [4.69, 9.17) is 21.3 Å². The highest BCUT2D eigenvalue weighted by atomic mass is 16.5. The minimum atomic E-state index is -0.270. The zero-order chi connectivity index (χ0) is 29.8. The Labute approximate surface area is 247 Å². The number of fused-ring (bicyclic) bond motifs is 2. The van der Waals surface area contributed by atoms with Gasteiger partial charge in [0, 0.05) is 56.9 Å². The highest BCUT2D eigenvalue weighted by Gasteiger charge is 2.35. The van der Waals surface area contributed by atoms with Crippen molar-refractivity contribution < 1.29 is 14.3 Å². The molecule has 0 spiro atoms. The van der Waals surface area contributed by atoms with Gasteiger partial charge < -0.3 is 29.2 Å². The molecule has 0 radical (unpaired) electrons. The van der Waals surface area contributed by atoms with E-state index in [0.717, 1.165) is 30.0 Å². The predicted octanol–water partition coefficient (Wildman–Crippen LogP) is 3.48. The van der Waals surface area contributed by atoms with Gasteiger partial charge >= 0.3 is 6.01 Å². The van der Waals surface area contributed by atoms with Crippen LogP contribution in [0.3, 0.4) is 0 Å². The summed E-state index contributed by atoms with van der Waals surface area (Å²) < 4.78 is 5.96. The van der Waals surface area contributed by atoms with Crippen LogP contribution in [0.15, 0.2) is 49.1 Å². The van der Waals surface area contributed by atoms with Crippen LogP contribution in [0.25, 0.3) is 15.6 Å². The Morgan fingerprint density at radius 3 is 2.67 bits per heavy atom. The summed E-state index contributed by atoms with van der Waals surface area (Å²) >= 11 is 0. The van der Waals surface area contributed by atoms with E-state index < -0.39 is 0 Å². The van der Waals surface area contributed by atoms with E-state index in [1.54, 1.807) is 19.0 Å². The molecular formula is C32H37N7O3. The van der Waals surface area contributed by atoms with Crippen LogP contribution in [-0.4, -0.2) is 91.0 Å². The van der Waals surface area contributed by atoms with E-state index in [9.17, 15) is 9.59 Å². The Morgan fingerprint density at radius 1 is 1.14 bits per heavy atom. The molecule has 2 aromatic carbocycles. The molecular weight excluding hydrogens is 530 g/mol. The number of carbonyl (C=O) groups excluding carboxylic acids is 2. The van der Waals surface area contributed by atoms with Crippen LogP contribution in [0.5, 0.6) is 6.01 Å². The topological polar surface area (TPSA) is 86.5 Å². The first-order valence-corrected chi connectivity index (χ1v) is 14.3. The highest BCUT2D eigenvalue weighted by Crippen LogP contribution is 2.35. The molecule has 42 heavy (non-hydrogen) atoms. The molecule has 0 bridgehead atoms. The minimum Gasteiger partial charge on any atom is -0.463 e. The third-order valence-electron chi connectivity index (χ3n) is 8.04. The van der Waals surface area contributed by atoms with Crippen LogP contribution in [-0.2, 0) is 22.6 Å². The van der Waals surface area contributed by atoms with Crippen LogP contribution in [0.2, 0.25) is 0 Å². The normalized spacial score (nSPS) is 16.5. The number of carbonyl (C=O) groups is 2. The quantitative estimate of drug-likeness (QED) is 0.304. The number of piperazine rings is 1. The molecule has 2 amide bonds. The molecule has 1 saturated heterocycles. The lowest BCUT2D eigenvalue weighted by Crippen LogP contribution is -2.56. The molecule has 218 valence electrons. The number of benzene rings is 2. The number of hydrogen-bond acceptors (Lipinski definition) is 7. The molecule has 3 heterocycles. The second-order valence-electron chi connectivity index (χ2n) is 10.9. The van der Waals surface area contributed by atoms with Crippen molar-refractivity contribution in [1.29, 1.82) is 0 Å². The van der Waals surface area contributed by atoms with Gasteiger partial charge in [-0.3, -0.25) is 9.59 Å². The molecule has 3 aromatic rings. The SMILES string of the molecule is [C-]#[N+]C[C@H]1CN(c2nc(OCCC(=O)N(C)C)nc3c2CCN(c2cccc4cccc(C)c24)C3)CCN1C(=O)C=C. The fourth-order valence-electron chi connectivity index (χ4n) is 5.86. The van der Waals surface area contributed by atoms with Crippen LogP contribution in [0.4, 0.5) is 11.5 Å². The van der Waals surface area contributed by atoms with Gasteiger partial charge in [0.1, 0.15) is 18.5 Å². The molecule has 0 aliphatic carbocycles. The van der Waals surface area contributed by atoms with E-state index in [-0.39, 0.29) is 43.4 Å². The standard InChI is InChI=1S/C32H37N7O3/c1-6-28(40)39-17-16-38(20-24(39)19-33-3)31-25-13-15-37(27-12-8-11-23-10-7-9-22(2)30(23)27)21-26(25)34-32(35-31)42-18-14-29(41)36(4)5/h6-12,24H,1,13-21H2,2,4-5H3/t24-/m0/s1. The van der Waals surface area contributed by atoms with Crippen molar-refractivity contribution in [3.63, 3.8) is 0 Å². The van der Waals surface area contributed by atoms with Gasteiger partial charge in [0.25, 0.3) is 0 Å². The maximum atomic E-state index is 12.5. The van der Waals surface area contributed by atoms with E-state index in [1.165, 1.54) is 33.0 Å². The van der Waals surface area contributed by atoms with E-state index in [2.05, 4.69) is 64.5 Å². The number of amides is 2. The molecule has 1 atom stereocenters. The molecule has 1 aromatic heterocycles. The van der Waals surface area contributed by atoms with Crippen molar-refractivity contribution in [2.75, 3.05) is 63.2 Å². The molecule has 5 rings (SSSR count). The average Bonchev–Trinajstić information content (AvgIpc) is 3.00. The van der Waals surface area contributed by atoms with Crippen molar-refractivity contribution in [3.05, 3.63) is 77.3 Å². The maximum Gasteiger partial charge on any atom is 0.318 e. The number of ether oxygens (including phenoxy) is 1. The fraction of sp³-hybridized carbons (Fsp3) is 0.406. The Hall–Kier alpha value is -4.65. The fourth-order valence-corrected chi connectivity index (χ4v) is 5.86. The summed E-state index contributed by atoms with van der Waals surface area (Å²) in [6.45, 7) is 16.5. The smallest absolute Gasteiger partial charge is 0.318 e. The number of nitrogens with zero attached hydrogens (tertiary/aromatic N) is 7. The summed E-state index contributed by atoms with van der Waals surface area (Å²) in [6, 6.07) is 12.7. The van der Waals surface area contributed by atoms with Gasteiger partial charge in [-0.05, 0) is 36.4 Å². The van der Waals surface area contributed by atoms with Crippen LogP contribution in [0, 0.1) is 13.5 Å². The largest absolute Gasteiger partial charge is 0.463 e. The van der Waals surface area contributed by atoms with Crippen molar-refractivity contribution in [2.45, 2.75) is 32.4 Å². The monoisotopic (exact) mass is 567 g/mol. The third kappa shape index (κ3) is 5.86. The Morgan fingerprint density at radius 2 is 1.93 bits per heavy atom. The zero-order valence-electron chi connectivity index (χ0n) is 24.5. The molecule has 10 nitrogen and oxygen atoms in total. The summed E-state index contributed by atoms with van der Waals surface area (Å²) in [5, 5.41) is 2.44. The van der Waals surface area contributed by atoms with Crippen molar-refractivity contribution >= 4 is 34.1 Å². The molecule has 0 unspecified atom stereocenters. The predicted molar refractivity (Wildman–Crippen MR) is 164 cm³/mol. The van der Waals surface area contributed by atoms with Crippen LogP contribution < -0.4 is 14.5 Å². The van der Waals surface area contributed by atoms with Crippen molar-refractivity contribution in [1.82, 2.24) is 19.8 Å². The van der Waals surface area contributed by atoms with Gasteiger partial charge in [0.15, 0.2) is 0 Å². The third-order valence-corrected chi connectivity index (χ3v) is 8.04. The average molecular weight is 568 g/mol. The summed E-state index contributed by atoms with van der Waals surface area (Å²) in [5.41, 5.74) is 4.34. The van der Waals surface area contributed by atoms with Crippen LogP contribution >= 0.6 is 0 Å².